The molecular weight excluding hydrogens is 262 g/mol. The normalized spacial score (nSPS) is 11.7. The molecule has 0 radical (unpaired) electrons. The van der Waals surface area contributed by atoms with E-state index in [-0.39, 0.29) is 13.0 Å². The number of pyridine rings is 1. The summed E-state index contributed by atoms with van der Waals surface area (Å²) < 4.78 is 0. The Labute approximate surface area is 117 Å². The minimum absolute atomic E-state index is 0.0256. The molecule has 0 fully saturated rings. The molecule has 1 rings (SSSR count). The Morgan fingerprint density at radius 1 is 1.45 bits per heavy atom. The predicted octanol–water partition coefficient (Wildman–Crippen LogP) is 0.449. The van der Waals surface area contributed by atoms with Gasteiger partial charge in [0.2, 0.25) is 0 Å². The standard InChI is InChI=1S/C13H19N3O4/c1-2-16(9-10-5-3-4-7-14-10)13(20)15-11(6-8-17)12(18)19/h3-5,7,11,17H,2,6,8-9H2,1H3,(H,15,20)(H,18,19)/t11-/m1/s1. The van der Waals surface area contributed by atoms with Crippen molar-refractivity contribution in [2.75, 3.05) is 13.2 Å². The molecule has 0 aliphatic heterocycles. The molecular formula is C13H19N3O4. The van der Waals surface area contributed by atoms with Gasteiger partial charge in [-0.2, -0.15) is 0 Å². The molecule has 0 saturated heterocycles. The molecule has 1 aromatic heterocycles. The number of aliphatic hydroxyl groups is 1. The van der Waals surface area contributed by atoms with Gasteiger partial charge in [0.15, 0.2) is 0 Å². The molecule has 0 aliphatic carbocycles. The number of aromatic nitrogens is 1. The summed E-state index contributed by atoms with van der Waals surface area (Å²) in [6, 6.07) is 3.81. The largest absolute Gasteiger partial charge is 0.480 e. The summed E-state index contributed by atoms with van der Waals surface area (Å²) in [4.78, 5) is 28.5. The zero-order valence-corrected chi connectivity index (χ0v) is 11.3. The van der Waals surface area contributed by atoms with Gasteiger partial charge in [-0.1, -0.05) is 6.07 Å². The SMILES string of the molecule is CCN(Cc1ccccn1)C(=O)N[C@H](CCO)C(=O)O. The van der Waals surface area contributed by atoms with E-state index < -0.39 is 18.0 Å². The number of carboxylic acids is 1. The zero-order valence-electron chi connectivity index (χ0n) is 11.3. The summed E-state index contributed by atoms with van der Waals surface area (Å²) >= 11 is 0. The van der Waals surface area contributed by atoms with E-state index in [4.69, 9.17) is 10.2 Å². The van der Waals surface area contributed by atoms with Gasteiger partial charge in [0.25, 0.3) is 0 Å². The van der Waals surface area contributed by atoms with E-state index in [9.17, 15) is 9.59 Å². The molecule has 0 aliphatic rings. The molecule has 0 saturated carbocycles. The monoisotopic (exact) mass is 281 g/mol. The minimum atomic E-state index is -1.17. The molecule has 1 atom stereocenters. The number of rotatable bonds is 7. The summed E-state index contributed by atoms with van der Waals surface area (Å²) in [6.45, 7) is 2.22. The lowest BCUT2D eigenvalue weighted by Crippen LogP contribution is -2.48. The number of aliphatic carboxylic acids is 1. The van der Waals surface area contributed by atoms with Gasteiger partial charge >= 0.3 is 12.0 Å². The number of carboxylic acid groups (broad SMARTS) is 1. The molecule has 1 aromatic rings. The molecule has 1 heterocycles. The fourth-order valence-corrected chi connectivity index (χ4v) is 1.64. The first-order valence-electron chi connectivity index (χ1n) is 6.37. The molecule has 3 N–H and O–H groups in total. The number of hydrogen-bond acceptors (Lipinski definition) is 4. The van der Waals surface area contributed by atoms with Gasteiger partial charge < -0.3 is 20.4 Å². The Balaban J connectivity index is 2.64. The van der Waals surface area contributed by atoms with Gasteiger partial charge in [0.05, 0.1) is 12.2 Å². The van der Waals surface area contributed by atoms with Crippen molar-refractivity contribution in [3.63, 3.8) is 0 Å². The smallest absolute Gasteiger partial charge is 0.326 e. The summed E-state index contributed by atoms with van der Waals surface area (Å²) in [5.41, 5.74) is 0.721. The molecule has 20 heavy (non-hydrogen) atoms. The highest BCUT2D eigenvalue weighted by Crippen LogP contribution is 2.02. The Morgan fingerprint density at radius 2 is 2.20 bits per heavy atom. The first-order chi connectivity index (χ1) is 9.58. The van der Waals surface area contributed by atoms with E-state index in [1.165, 1.54) is 4.90 Å². The highest BCUT2D eigenvalue weighted by molar-refractivity contribution is 5.82. The number of amides is 2. The predicted molar refractivity (Wildman–Crippen MR) is 72.0 cm³/mol. The van der Waals surface area contributed by atoms with Crippen molar-refractivity contribution in [3.8, 4) is 0 Å². The molecule has 0 unspecified atom stereocenters. The van der Waals surface area contributed by atoms with Gasteiger partial charge in [-0.3, -0.25) is 4.98 Å². The number of nitrogens with zero attached hydrogens (tertiary/aromatic N) is 2. The molecule has 7 nitrogen and oxygen atoms in total. The van der Waals surface area contributed by atoms with E-state index in [1.807, 2.05) is 6.07 Å². The van der Waals surface area contributed by atoms with Crippen LogP contribution < -0.4 is 5.32 Å². The van der Waals surface area contributed by atoms with Crippen LogP contribution in [0.25, 0.3) is 0 Å². The first kappa shape index (κ1) is 15.9. The summed E-state index contributed by atoms with van der Waals surface area (Å²) in [6.07, 6.45) is 1.61. The van der Waals surface area contributed by atoms with Crippen molar-refractivity contribution in [3.05, 3.63) is 30.1 Å². The van der Waals surface area contributed by atoms with Crippen LogP contribution in [0.15, 0.2) is 24.4 Å². The van der Waals surface area contributed by atoms with Crippen molar-refractivity contribution >= 4 is 12.0 Å². The topological polar surface area (TPSA) is 103 Å². The maximum absolute atomic E-state index is 12.0. The number of hydrogen-bond donors (Lipinski definition) is 3. The van der Waals surface area contributed by atoms with Crippen molar-refractivity contribution in [2.45, 2.75) is 25.9 Å². The Hall–Kier alpha value is -2.15. The van der Waals surface area contributed by atoms with Crippen LogP contribution in [0.5, 0.6) is 0 Å². The second-order valence-corrected chi connectivity index (χ2v) is 4.19. The molecule has 110 valence electrons. The molecule has 0 bridgehead atoms. The number of urea groups is 1. The molecule has 7 heteroatoms. The Kier molecular flexibility index (Phi) is 6.45. The maximum atomic E-state index is 12.0. The van der Waals surface area contributed by atoms with Crippen molar-refractivity contribution in [1.82, 2.24) is 15.2 Å². The van der Waals surface area contributed by atoms with Gasteiger partial charge in [0.1, 0.15) is 6.04 Å². The number of nitrogens with one attached hydrogen (secondary N) is 1. The average molecular weight is 281 g/mol. The highest BCUT2D eigenvalue weighted by atomic mass is 16.4. The Bertz CT molecular complexity index is 439. The average Bonchev–Trinajstić information content (AvgIpc) is 2.45. The van der Waals surface area contributed by atoms with Gasteiger partial charge in [-0.15, -0.1) is 0 Å². The fraction of sp³-hybridized carbons (Fsp3) is 0.462. The molecule has 2 amide bonds. The highest BCUT2D eigenvalue weighted by Gasteiger charge is 2.22. The van der Waals surface area contributed by atoms with Crippen LogP contribution in [0.3, 0.4) is 0 Å². The number of carbonyl (C=O) groups is 2. The third-order valence-corrected chi connectivity index (χ3v) is 2.76. The third kappa shape index (κ3) is 4.85. The second kappa shape index (κ2) is 8.11. The van der Waals surface area contributed by atoms with Crippen molar-refractivity contribution in [2.24, 2.45) is 0 Å². The van der Waals surface area contributed by atoms with Crippen LogP contribution in [-0.4, -0.2) is 51.3 Å². The Morgan fingerprint density at radius 3 is 2.70 bits per heavy atom. The minimum Gasteiger partial charge on any atom is -0.480 e. The zero-order chi connectivity index (χ0) is 15.0. The van der Waals surface area contributed by atoms with Crippen LogP contribution in [0.4, 0.5) is 4.79 Å². The van der Waals surface area contributed by atoms with Crippen LogP contribution in [0.2, 0.25) is 0 Å². The summed E-state index contributed by atoms with van der Waals surface area (Å²) in [7, 11) is 0. The lowest BCUT2D eigenvalue weighted by molar-refractivity contribution is -0.139. The van der Waals surface area contributed by atoms with Crippen LogP contribution in [0, 0.1) is 0 Å². The van der Waals surface area contributed by atoms with Crippen molar-refractivity contribution < 1.29 is 19.8 Å². The van der Waals surface area contributed by atoms with Gasteiger partial charge in [-0.05, 0) is 19.1 Å². The molecule has 0 aromatic carbocycles. The summed E-state index contributed by atoms with van der Waals surface area (Å²) in [5, 5.41) is 20.1. The van der Waals surface area contributed by atoms with E-state index in [0.717, 1.165) is 5.69 Å². The molecule has 0 spiro atoms. The van der Waals surface area contributed by atoms with Gasteiger partial charge in [0, 0.05) is 25.8 Å². The van der Waals surface area contributed by atoms with Crippen LogP contribution in [-0.2, 0) is 11.3 Å². The lowest BCUT2D eigenvalue weighted by atomic mass is 10.2. The van der Waals surface area contributed by atoms with E-state index >= 15 is 0 Å². The van der Waals surface area contributed by atoms with Crippen molar-refractivity contribution in [1.29, 1.82) is 0 Å². The van der Waals surface area contributed by atoms with E-state index in [2.05, 4.69) is 10.3 Å². The maximum Gasteiger partial charge on any atom is 0.326 e. The van der Waals surface area contributed by atoms with Gasteiger partial charge in [-0.25, -0.2) is 9.59 Å². The van der Waals surface area contributed by atoms with E-state index in [1.54, 1.807) is 25.3 Å². The fourth-order valence-electron chi connectivity index (χ4n) is 1.64. The van der Waals surface area contributed by atoms with E-state index in [0.29, 0.717) is 13.1 Å². The number of aliphatic hydroxyl groups excluding tert-OH is 1. The van der Waals surface area contributed by atoms with Crippen LogP contribution in [0.1, 0.15) is 19.0 Å². The van der Waals surface area contributed by atoms with Crippen LogP contribution >= 0.6 is 0 Å². The quantitative estimate of drug-likeness (QED) is 0.673. The summed E-state index contributed by atoms with van der Waals surface area (Å²) in [5.74, 6) is -1.17. The lowest BCUT2D eigenvalue weighted by Gasteiger charge is -2.23. The second-order valence-electron chi connectivity index (χ2n) is 4.19. The third-order valence-electron chi connectivity index (χ3n) is 2.76. The number of carbonyl (C=O) groups excluding carboxylic acids is 1. The first-order valence-corrected chi connectivity index (χ1v) is 6.37.